The lowest BCUT2D eigenvalue weighted by molar-refractivity contribution is -0.117. The highest BCUT2D eigenvalue weighted by molar-refractivity contribution is 7.15. The van der Waals surface area contributed by atoms with Crippen LogP contribution in [0.3, 0.4) is 0 Å². The monoisotopic (exact) mass is 468 g/mol. The van der Waals surface area contributed by atoms with Crippen molar-refractivity contribution in [3.8, 4) is 5.00 Å². The number of carbonyl (C=O) groups is 1. The van der Waals surface area contributed by atoms with Crippen molar-refractivity contribution >= 4 is 34.4 Å². The molecule has 3 heterocycles. The molecule has 2 aromatic heterocycles. The Morgan fingerprint density at radius 1 is 1.06 bits per heavy atom. The van der Waals surface area contributed by atoms with Crippen LogP contribution >= 0.6 is 22.9 Å². The summed E-state index contributed by atoms with van der Waals surface area (Å²) >= 11 is 7.79. The van der Waals surface area contributed by atoms with Crippen LogP contribution in [0.5, 0.6) is 0 Å². The summed E-state index contributed by atoms with van der Waals surface area (Å²) in [6, 6.07) is 7.31. The van der Waals surface area contributed by atoms with E-state index in [-0.39, 0.29) is 11.8 Å². The van der Waals surface area contributed by atoms with Crippen molar-refractivity contribution in [1.82, 2.24) is 14.8 Å². The number of aromatic nitrogens is 3. The van der Waals surface area contributed by atoms with Crippen LogP contribution in [0.1, 0.15) is 84.7 Å². The smallest absolute Gasteiger partial charge is 0.163 e. The van der Waals surface area contributed by atoms with Gasteiger partial charge in [0, 0.05) is 27.4 Å². The Bertz CT molecular complexity index is 1150. The van der Waals surface area contributed by atoms with Gasteiger partial charge >= 0.3 is 0 Å². The molecule has 1 atom stereocenters. The molecule has 2 aliphatic rings. The SMILES string of the molecule is C1CCCC1.CC(=O)C[C@@H]1N=C(c2ccc(Cl)cc2)c2c(sc(C)c2C)-n2c(C)nnc21. The van der Waals surface area contributed by atoms with E-state index in [4.69, 9.17) is 16.6 Å². The highest BCUT2D eigenvalue weighted by atomic mass is 35.5. The zero-order valence-corrected chi connectivity index (χ0v) is 20.7. The van der Waals surface area contributed by atoms with Crippen LogP contribution in [0.15, 0.2) is 29.3 Å². The van der Waals surface area contributed by atoms with Gasteiger partial charge in [-0.2, -0.15) is 0 Å². The number of thiophene rings is 1. The summed E-state index contributed by atoms with van der Waals surface area (Å²) in [5.41, 5.74) is 4.12. The standard InChI is InChI=1S/C20H19ClN4OS.C5H10/c1-10(26)9-16-19-24-23-13(4)25(19)20-17(11(2)12(3)27-20)18(22-16)14-5-7-15(21)8-6-14;1-2-4-5-3-1/h5-8,16H,9H2,1-4H3;1-5H2/t16-;/m0./s1. The topological polar surface area (TPSA) is 60.1 Å². The average Bonchev–Trinajstić information content (AvgIpc) is 3.48. The Balaban J connectivity index is 0.000000433. The molecule has 0 radical (unpaired) electrons. The third-order valence-corrected chi connectivity index (χ3v) is 7.53. The molecule has 1 aromatic carbocycles. The lowest BCUT2D eigenvalue weighted by atomic mass is 9.99. The fourth-order valence-electron chi connectivity index (χ4n) is 4.29. The number of fused-ring (bicyclic) bond motifs is 3. The first-order valence-electron chi connectivity index (χ1n) is 11.2. The van der Waals surface area contributed by atoms with Gasteiger partial charge in [0.15, 0.2) is 5.82 Å². The Hall–Kier alpha value is -2.31. The molecule has 0 saturated heterocycles. The molecule has 5 rings (SSSR count). The Labute approximate surface area is 198 Å². The lowest BCUT2D eigenvalue weighted by Gasteiger charge is -2.11. The molecular formula is C25H29ClN4OS. The van der Waals surface area contributed by atoms with Gasteiger partial charge in [-0.25, -0.2) is 0 Å². The molecule has 1 aliphatic heterocycles. The molecule has 0 N–H and O–H groups in total. The molecule has 32 heavy (non-hydrogen) atoms. The van der Waals surface area contributed by atoms with Crippen LogP contribution in [0.25, 0.3) is 5.00 Å². The number of aryl methyl sites for hydroxylation is 2. The van der Waals surface area contributed by atoms with Crippen molar-refractivity contribution in [3.63, 3.8) is 0 Å². The van der Waals surface area contributed by atoms with Gasteiger partial charge in [0.25, 0.3) is 0 Å². The number of rotatable bonds is 3. The highest BCUT2D eigenvalue weighted by Gasteiger charge is 2.31. The fourth-order valence-corrected chi connectivity index (χ4v) is 5.63. The van der Waals surface area contributed by atoms with E-state index < -0.39 is 0 Å². The maximum atomic E-state index is 11.9. The number of hydrogen-bond donors (Lipinski definition) is 0. The minimum Gasteiger partial charge on any atom is -0.300 e. The molecule has 3 aromatic rings. The van der Waals surface area contributed by atoms with E-state index in [1.807, 2.05) is 31.2 Å². The van der Waals surface area contributed by atoms with Gasteiger partial charge in [-0.1, -0.05) is 55.8 Å². The van der Waals surface area contributed by atoms with Crippen LogP contribution in [0.4, 0.5) is 0 Å². The summed E-state index contributed by atoms with van der Waals surface area (Å²) in [5.74, 6) is 1.59. The van der Waals surface area contributed by atoms with E-state index in [0.717, 1.165) is 27.7 Å². The second-order valence-corrected chi connectivity index (χ2v) is 10.2. The van der Waals surface area contributed by atoms with Gasteiger partial charge in [0.2, 0.25) is 0 Å². The molecule has 1 aliphatic carbocycles. The van der Waals surface area contributed by atoms with Crippen LogP contribution in [-0.2, 0) is 4.79 Å². The van der Waals surface area contributed by atoms with E-state index in [1.165, 1.54) is 42.5 Å². The molecule has 0 unspecified atom stereocenters. The van der Waals surface area contributed by atoms with Gasteiger partial charge in [0.05, 0.1) is 5.71 Å². The number of carbonyl (C=O) groups excluding carboxylic acids is 1. The van der Waals surface area contributed by atoms with E-state index in [0.29, 0.717) is 17.3 Å². The Morgan fingerprint density at radius 3 is 2.28 bits per heavy atom. The molecule has 1 saturated carbocycles. The first-order valence-corrected chi connectivity index (χ1v) is 12.4. The van der Waals surface area contributed by atoms with Crippen LogP contribution in [0.2, 0.25) is 5.02 Å². The number of hydrogen-bond acceptors (Lipinski definition) is 5. The number of nitrogens with zero attached hydrogens (tertiary/aromatic N) is 4. The molecule has 0 amide bonds. The summed E-state index contributed by atoms with van der Waals surface area (Å²) < 4.78 is 2.06. The molecule has 1 fully saturated rings. The third-order valence-electron chi connectivity index (χ3n) is 6.09. The minimum absolute atomic E-state index is 0.0737. The summed E-state index contributed by atoms with van der Waals surface area (Å²) in [5, 5.41) is 10.4. The number of halogens is 1. The van der Waals surface area contributed by atoms with Crippen molar-refractivity contribution in [1.29, 1.82) is 0 Å². The predicted octanol–water partition coefficient (Wildman–Crippen LogP) is 6.73. The third kappa shape index (κ3) is 4.57. The van der Waals surface area contributed by atoms with E-state index in [9.17, 15) is 4.79 Å². The number of benzene rings is 1. The molecule has 5 nitrogen and oxygen atoms in total. The number of ketones is 1. The van der Waals surface area contributed by atoms with Gasteiger partial charge in [-0.3, -0.25) is 14.4 Å². The van der Waals surface area contributed by atoms with Crippen molar-refractivity contribution < 1.29 is 4.79 Å². The quantitative estimate of drug-likeness (QED) is 0.428. The van der Waals surface area contributed by atoms with Crippen LogP contribution in [-0.4, -0.2) is 26.3 Å². The maximum Gasteiger partial charge on any atom is 0.163 e. The van der Waals surface area contributed by atoms with Gasteiger partial charge in [0.1, 0.15) is 22.7 Å². The summed E-state index contributed by atoms with van der Waals surface area (Å²) in [6.07, 6.45) is 7.79. The molecule has 7 heteroatoms. The zero-order chi connectivity index (χ0) is 22.8. The zero-order valence-electron chi connectivity index (χ0n) is 19.1. The lowest BCUT2D eigenvalue weighted by Crippen LogP contribution is -2.09. The second kappa shape index (κ2) is 9.67. The number of aliphatic imine (C=N–C) groups is 1. The molecule has 0 spiro atoms. The van der Waals surface area contributed by atoms with Crippen molar-refractivity contribution in [3.05, 3.63) is 62.5 Å². The summed E-state index contributed by atoms with van der Waals surface area (Å²) in [4.78, 5) is 18.2. The first kappa shape index (κ1) is 22.9. The fraction of sp³-hybridized carbons (Fsp3) is 0.440. The van der Waals surface area contributed by atoms with E-state index in [1.54, 1.807) is 18.3 Å². The second-order valence-electron chi connectivity index (χ2n) is 8.58. The predicted molar refractivity (Wildman–Crippen MR) is 132 cm³/mol. The normalized spacial score (nSPS) is 17.0. The minimum atomic E-state index is -0.367. The number of Topliss-reactive ketones (excluding diaryl/α,β-unsaturated/α-hetero) is 1. The maximum absolute atomic E-state index is 11.9. The van der Waals surface area contributed by atoms with Crippen LogP contribution in [0, 0.1) is 20.8 Å². The van der Waals surface area contributed by atoms with Crippen molar-refractivity contribution in [2.24, 2.45) is 4.99 Å². The van der Waals surface area contributed by atoms with Crippen molar-refractivity contribution in [2.45, 2.75) is 72.3 Å². The summed E-state index contributed by atoms with van der Waals surface area (Å²) in [7, 11) is 0. The van der Waals surface area contributed by atoms with Gasteiger partial charge < -0.3 is 0 Å². The summed E-state index contributed by atoms with van der Waals surface area (Å²) in [6.45, 7) is 7.74. The van der Waals surface area contributed by atoms with E-state index in [2.05, 4.69) is 28.6 Å². The van der Waals surface area contributed by atoms with Crippen molar-refractivity contribution in [2.75, 3.05) is 0 Å². The van der Waals surface area contributed by atoms with Gasteiger partial charge in [-0.15, -0.1) is 21.5 Å². The Morgan fingerprint density at radius 2 is 1.69 bits per heavy atom. The average molecular weight is 469 g/mol. The van der Waals surface area contributed by atoms with Crippen LogP contribution < -0.4 is 0 Å². The molecule has 0 bridgehead atoms. The van der Waals surface area contributed by atoms with E-state index >= 15 is 0 Å². The molecule has 168 valence electrons. The highest BCUT2D eigenvalue weighted by Crippen LogP contribution is 2.39. The first-order chi connectivity index (χ1) is 15.4. The largest absolute Gasteiger partial charge is 0.300 e. The van der Waals surface area contributed by atoms with Gasteiger partial charge in [-0.05, 0) is 45.4 Å². The Kier molecular flexibility index (Phi) is 6.91. The molecular weight excluding hydrogens is 440 g/mol.